The monoisotopic (exact) mass is 477 g/mol. The molecule has 0 atom stereocenters. The van der Waals surface area contributed by atoms with E-state index in [4.69, 9.17) is 0 Å². The normalized spacial score (nSPS) is 12.7. The summed E-state index contributed by atoms with van der Waals surface area (Å²) in [7, 11) is -7.47. The summed E-state index contributed by atoms with van der Waals surface area (Å²) in [6.07, 6.45) is 3.53. The third kappa shape index (κ3) is 4.19. The number of phenols is 1. The van der Waals surface area contributed by atoms with Gasteiger partial charge < -0.3 is 5.11 Å². The van der Waals surface area contributed by atoms with Crippen molar-refractivity contribution in [2.75, 3.05) is 17.2 Å². The van der Waals surface area contributed by atoms with E-state index in [0.717, 1.165) is 30.1 Å². The number of hydrogen-bond acceptors (Lipinski definition) is 10. The third-order valence-electron chi connectivity index (χ3n) is 4.26. The van der Waals surface area contributed by atoms with Gasteiger partial charge in [-0.05, 0) is 35.8 Å². The summed E-state index contributed by atoms with van der Waals surface area (Å²) in [4.78, 5) is 3.78. The van der Waals surface area contributed by atoms with Crippen LogP contribution in [0.2, 0.25) is 0 Å². The number of anilines is 1. The topological polar surface area (TPSA) is 151 Å². The minimum Gasteiger partial charge on any atom is -0.506 e. The molecule has 2 aromatic heterocycles. The quantitative estimate of drug-likeness (QED) is 0.415. The molecule has 2 aromatic carbocycles. The van der Waals surface area contributed by atoms with Crippen LogP contribution in [-0.4, -0.2) is 43.8 Å². The minimum atomic E-state index is -3.81. The molecule has 0 aliphatic rings. The van der Waals surface area contributed by atoms with Gasteiger partial charge in [-0.1, -0.05) is 12.1 Å². The number of aromatic hydroxyl groups is 1. The average molecular weight is 478 g/mol. The number of sulfonamides is 1. The molecular weight excluding hydrogens is 462 g/mol. The van der Waals surface area contributed by atoms with E-state index in [1.165, 1.54) is 18.2 Å². The van der Waals surface area contributed by atoms with E-state index in [0.29, 0.717) is 16.0 Å². The Morgan fingerprint density at radius 1 is 1.03 bits per heavy atom. The molecule has 0 amide bonds. The smallest absolute Gasteiger partial charge is 0.229 e. The van der Waals surface area contributed by atoms with Gasteiger partial charge in [0.15, 0.2) is 20.5 Å². The highest BCUT2D eigenvalue weighted by atomic mass is 32.2. The molecule has 0 bridgehead atoms. The molecule has 10 nitrogen and oxygen atoms in total. The Morgan fingerprint density at radius 3 is 2.48 bits per heavy atom. The van der Waals surface area contributed by atoms with Crippen molar-refractivity contribution in [3.8, 4) is 5.75 Å². The fourth-order valence-corrected chi connectivity index (χ4v) is 5.02. The van der Waals surface area contributed by atoms with Crippen LogP contribution in [0, 0.1) is 0 Å². The van der Waals surface area contributed by atoms with Crippen LogP contribution in [-0.2, 0) is 19.9 Å². The summed E-state index contributed by atoms with van der Waals surface area (Å²) < 4.78 is 54.6. The first-order chi connectivity index (χ1) is 14.5. The van der Waals surface area contributed by atoms with Crippen LogP contribution >= 0.6 is 11.5 Å². The number of pyridine rings is 1. The Balaban J connectivity index is 2.00. The number of aromatic nitrogens is 2. The summed E-state index contributed by atoms with van der Waals surface area (Å²) in [5, 5.41) is 20.4. The standard InChI is InChI=1S/C18H15N5O5S3/c1-30(25,26)14-9-13(20-21-18-11-6-4-8-19-17(11)22-29-18)15-10(16(14)24)5-3-7-12(15)23-31(2,27)28/h3-9,23-24H,1-2H3. The van der Waals surface area contributed by atoms with Crippen molar-refractivity contribution in [1.29, 1.82) is 0 Å². The summed E-state index contributed by atoms with van der Waals surface area (Å²) in [6, 6.07) is 9.09. The van der Waals surface area contributed by atoms with Crippen molar-refractivity contribution in [3.05, 3.63) is 42.6 Å². The second kappa shape index (κ2) is 7.51. The Kier molecular flexibility index (Phi) is 5.11. The lowest BCUT2D eigenvalue weighted by Crippen LogP contribution is -2.10. The van der Waals surface area contributed by atoms with Crippen LogP contribution in [0.5, 0.6) is 5.75 Å². The van der Waals surface area contributed by atoms with Crippen LogP contribution in [0.4, 0.5) is 16.4 Å². The molecule has 160 valence electrons. The Hall–Kier alpha value is -3.16. The summed E-state index contributed by atoms with van der Waals surface area (Å²) in [5.41, 5.74) is 0.679. The zero-order valence-electron chi connectivity index (χ0n) is 16.1. The number of azo groups is 1. The van der Waals surface area contributed by atoms with Crippen molar-refractivity contribution >= 4 is 69.6 Å². The van der Waals surface area contributed by atoms with Gasteiger partial charge in [0.25, 0.3) is 0 Å². The van der Waals surface area contributed by atoms with Gasteiger partial charge in [0, 0.05) is 23.2 Å². The molecule has 2 N–H and O–H groups in total. The molecule has 0 fully saturated rings. The van der Waals surface area contributed by atoms with E-state index in [-0.39, 0.29) is 27.0 Å². The number of phenolic OH excluding ortho intramolecular Hbond substituents is 1. The molecular formula is C18H15N5O5S3. The average Bonchev–Trinajstić information content (AvgIpc) is 3.09. The molecule has 0 saturated carbocycles. The van der Waals surface area contributed by atoms with Crippen molar-refractivity contribution in [1.82, 2.24) is 9.36 Å². The molecule has 31 heavy (non-hydrogen) atoms. The fourth-order valence-electron chi connectivity index (χ4n) is 3.01. The lowest BCUT2D eigenvalue weighted by molar-refractivity contribution is 0.466. The molecule has 4 aromatic rings. The number of sulfone groups is 1. The van der Waals surface area contributed by atoms with Gasteiger partial charge in [-0.3, -0.25) is 4.72 Å². The number of nitrogens with one attached hydrogen (secondary N) is 1. The van der Waals surface area contributed by atoms with Crippen molar-refractivity contribution in [2.45, 2.75) is 4.90 Å². The SMILES string of the molecule is CS(=O)(=O)Nc1cccc2c(O)c(S(C)(=O)=O)cc(N=Nc3snc4ncccc34)c12. The highest BCUT2D eigenvalue weighted by Gasteiger charge is 2.21. The fraction of sp³-hybridized carbons (Fsp3) is 0.111. The molecule has 0 aliphatic heterocycles. The van der Waals surface area contributed by atoms with Gasteiger partial charge in [0.1, 0.15) is 10.6 Å². The molecule has 0 aliphatic carbocycles. The summed E-state index contributed by atoms with van der Waals surface area (Å²) in [5.74, 6) is -0.499. The zero-order valence-corrected chi connectivity index (χ0v) is 18.6. The van der Waals surface area contributed by atoms with Crippen LogP contribution < -0.4 is 4.72 Å². The van der Waals surface area contributed by atoms with Gasteiger partial charge in [0.2, 0.25) is 10.0 Å². The first kappa shape index (κ1) is 21.1. The van der Waals surface area contributed by atoms with E-state index >= 15 is 0 Å². The van der Waals surface area contributed by atoms with Crippen LogP contribution in [0.15, 0.2) is 57.7 Å². The Bertz CT molecular complexity index is 1580. The molecule has 0 saturated heterocycles. The molecule has 13 heteroatoms. The van der Waals surface area contributed by atoms with Gasteiger partial charge >= 0.3 is 0 Å². The number of rotatable bonds is 5. The van der Waals surface area contributed by atoms with Gasteiger partial charge in [-0.15, -0.1) is 10.2 Å². The first-order valence-corrected chi connectivity index (χ1v) is 13.2. The summed E-state index contributed by atoms with van der Waals surface area (Å²) in [6.45, 7) is 0. The van der Waals surface area contributed by atoms with E-state index in [2.05, 4.69) is 24.3 Å². The first-order valence-electron chi connectivity index (χ1n) is 8.63. The van der Waals surface area contributed by atoms with Crippen LogP contribution in [0.1, 0.15) is 0 Å². The molecule has 0 unspecified atom stereocenters. The van der Waals surface area contributed by atoms with E-state index < -0.39 is 25.6 Å². The predicted molar refractivity (Wildman–Crippen MR) is 119 cm³/mol. The largest absolute Gasteiger partial charge is 0.506 e. The lowest BCUT2D eigenvalue weighted by Gasteiger charge is -2.13. The molecule has 0 spiro atoms. The Morgan fingerprint density at radius 2 is 1.77 bits per heavy atom. The maximum Gasteiger partial charge on any atom is 0.229 e. The van der Waals surface area contributed by atoms with Crippen molar-refractivity contribution in [2.24, 2.45) is 10.2 Å². The van der Waals surface area contributed by atoms with Crippen molar-refractivity contribution < 1.29 is 21.9 Å². The molecule has 2 heterocycles. The van der Waals surface area contributed by atoms with Crippen molar-refractivity contribution in [3.63, 3.8) is 0 Å². The predicted octanol–water partition coefficient (Wildman–Crippen LogP) is 3.74. The van der Waals surface area contributed by atoms with Gasteiger partial charge in [0.05, 0.1) is 23.0 Å². The van der Waals surface area contributed by atoms with E-state index in [9.17, 15) is 21.9 Å². The maximum absolute atomic E-state index is 12.2. The van der Waals surface area contributed by atoms with Crippen LogP contribution in [0.3, 0.4) is 0 Å². The third-order valence-corrected chi connectivity index (χ3v) is 6.70. The summed E-state index contributed by atoms with van der Waals surface area (Å²) >= 11 is 1.06. The van der Waals surface area contributed by atoms with Gasteiger partial charge in [-0.25, -0.2) is 21.8 Å². The van der Waals surface area contributed by atoms with Crippen LogP contribution in [0.25, 0.3) is 21.8 Å². The second-order valence-electron chi connectivity index (χ2n) is 6.68. The number of fused-ring (bicyclic) bond motifs is 2. The highest BCUT2D eigenvalue weighted by Crippen LogP contribution is 2.43. The molecule has 0 radical (unpaired) electrons. The number of hydrogen-bond donors (Lipinski definition) is 2. The second-order valence-corrected chi connectivity index (χ2v) is 11.2. The van der Waals surface area contributed by atoms with E-state index in [1.807, 2.05) is 0 Å². The zero-order chi connectivity index (χ0) is 22.4. The Labute approximate surface area is 181 Å². The number of benzene rings is 2. The lowest BCUT2D eigenvalue weighted by atomic mass is 10.1. The minimum absolute atomic E-state index is 0.0606. The molecule has 4 rings (SSSR count). The number of nitrogens with zero attached hydrogens (tertiary/aromatic N) is 4. The van der Waals surface area contributed by atoms with E-state index in [1.54, 1.807) is 18.3 Å². The highest BCUT2D eigenvalue weighted by molar-refractivity contribution is 7.92. The maximum atomic E-state index is 12.2. The van der Waals surface area contributed by atoms with Gasteiger partial charge in [-0.2, -0.15) is 4.37 Å².